The highest BCUT2D eigenvalue weighted by Crippen LogP contribution is 2.30. The van der Waals surface area contributed by atoms with Gasteiger partial charge in [0.05, 0.1) is 6.61 Å². The number of rotatable bonds is 6. The summed E-state index contributed by atoms with van der Waals surface area (Å²) in [5.41, 5.74) is 6.37. The molecule has 0 saturated heterocycles. The molecule has 0 radical (unpaired) electrons. The van der Waals surface area contributed by atoms with Gasteiger partial charge in [0, 0.05) is 10.1 Å². The number of benzene rings is 1. The van der Waals surface area contributed by atoms with Crippen molar-refractivity contribution in [2.45, 2.75) is 49.8 Å². The highest BCUT2D eigenvalue weighted by atomic mass is 32.2. The summed E-state index contributed by atoms with van der Waals surface area (Å²) in [6, 6.07) is 8.22. The van der Waals surface area contributed by atoms with Crippen LogP contribution in [0.3, 0.4) is 0 Å². The average Bonchev–Trinajstić information content (AvgIpc) is 2.31. The van der Waals surface area contributed by atoms with E-state index in [1.165, 1.54) is 10.5 Å². The summed E-state index contributed by atoms with van der Waals surface area (Å²) in [7, 11) is 0. The van der Waals surface area contributed by atoms with Crippen molar-refractivity contribution in [1.82, 2.24) is 0 Å². The van der Waals surface area contributed by atoms with Crippen molar-refractivity contribution in [3.8, 4) is 0 Å². The minimum atomic E-state index is -0.925. The first-order chi connectivity index (χ1) is 8.86. The zero-order valence-corrected chi connectivity index (χ0v) is 12.9. The number of carbonyl (C=O) groups excluding carboxylic acids is 1. The lowest BCUT2D eigenvalue weighted by molar-refractivity contribution is -0.149. The summed E-state index contributed by atoms with van der Waals surface area (Å²) in [5.74, 6) is -0.327. The van der Waals surface area contributed by atoms with Crippen LogP contribution in [-0.4, -0.2) is 23.4 Å². The van der Waals surface area contributed by atoms with Crippen LogP contribution in [-0.2, 0) is 9.53 Å². The summed E-state index contributed by atoms with van der Waals surface area (Å²) in [6.07, 6.45) is 0.588. The van der Waals surface area contributed by atoms with Crippen molar-refractivity contribution >= 4 is 17.7 Å². The zero-order valence-electron chi connectivity index (χ0n) is 12.1. The van der Waals surface area contributed by atoms with E-state index in [-0.39, 0.29) is 11.2 Å². The number of hydrogen-bond donors (Lipinski definition) is 1. The summed E-state index contributed by atoms with van der Waals surface area (Å²) in [6.45, 7) is 8.06. The molecule has 2 atom stereocenters. The third kappa shape index (κ3) is 4.88. The molecule has 0 spiro atoms. The molecular weight excluding hydrogens is 258 g/mol. The molecule has 1 aromatic rings. The summed E-state index contributed by atoms with van der Waals surface area (Å²) < 4.78 is 5.01. The van der Waals surface area contributed by atoms with Crippen LogP contribution in [0.2, 0.25) is 0 Å². The van der Waals surface area contributed by atoms with Gasteiger partial charge in [0.15, 0.2) is 0 Å². The number of ether oxygens (including phenoxy) is 1. The maximum atomic E-state index is 11.8. The standard InChI is InChI=1S/C15H23NO2S/c1-5-18-14(17)15(4,16)10-12(3)19-13-9-7-6-8-11(13)2/h6-9,12H,5,10,16H2,1-4H3. The molecule has 0 saturated carbocycles. The van der Waals surface area contributed by atoms with E-state index in [0.717, 1.165) is 0 Å². The van der Waals surface area contributed by atoms with Gasteiger partial charge < -0.3 is 10.5 Å². The second-order valence-electron chi connectivity index (χ2n) is 5.04. The Hall–Kier alpha value is -1.00. The second-order valence-corrected chi connectivity index (χ2v) is 6.52. The molecule has 0 heterocycles. The fraction of sp³-hybridized carbons (Fsp3) is 0.533. The van der Waals surface area contributed by atoms with E-state index in [1.54, 1.807) is 25.6 Å². The predicted molar refractivity (Wildman–Crippen MR) is 80.3 cm³/mol. The van der Waals surface area contributed by atoms with Gasteiger partial charge >= 0.3 is 5.97 Å². The van der Waals surface area contributed by atoms with Gasteiger partial charge in [-0.05, 0) is 38.8 Å². The van der Waals surface area contributed by atoms with Crippen molar-refractivity contribution < 1.29 is 9.53 Å². The second kappa shape index (κ2) is 6.96. The van der Waals surface area contributed by atoms with Gasteiger partial charge in [0.25, 0.3) is 0 Å². The SMILES string of the molecule is CCOC(=O)C(C)(N)CC(C)Sc1ccccc1C. The Balaban J connectivity index is 2.62. The van der Waals surface area contributed by atoms with Gasteiger partial charge in [-0.1, -0.05) is 25.1 Å². The Morgan fingerprint density at radius 2 is 2.11 bits per heavy atom. The maximum Gasteiger partial charge on any atom is 0.325 e. The normalized spacial score (nSPS) is 15.6. The van der Waals surface area contributed by atoms with Gasteiger partial charge in [-0.15, -0.1) is 11.8 Å². The molecule has 0 aliphatic carbocycles. The van der Waals surface area contributed by atoms with Crippen LogP contribution >= 0.6 is 11.8 Å². The van der Waals surface area contributed by atoms with E-state index >= 15 is 0 Å². The van der Waals surface area contributed by atoms with Gasteiger partial charge in [0.1, 0.15) is 5.54 Å². The molecular formula is C15H23NO2S. The number of hydrogen-bond acceptors (Lipinski definition) is 4. The first-order valence-corrected chi connectivity index (χ1v) is 7.43. The third-order valence-electron chi connectivity index (χ3n) is 2.87. The molecule has 19 heavy (non-hydrogen) atoms. The number of carbonyl (C=O) groups is 1. The van der Waals surface area contributed by atoms with Crippen LogP contribution in [0.5, 0.6) is 0 Å². The Bertz CT molecular complexity index is 432. The van der Waals surface area contributed by atoms with E-state index < -0.39 is 5.54 Å². The molecule has 2 N–H and O–H groups in total. The number of thioether (sulfide) groups is 1. The zero-order chi connectivity index (χ0) is 14.5. The molecule has 106 valence electrons. The average molecular weight is 281 g/mol. The smallest absolute Gasteiger partial charge is 0.325 e. The highest BCUT2D eigenvalue weighted by molar-refractivity contribution is 8.00. The van der Waals surface area contributed by atoms with E-state index in [1.807, 2.05) is 12.1 Å². The molecule has 0 amide bonds. The molecule has 2 unspecified atom stereocenters. The topological polar surface area (TPSA) is 52.3 Å². The van der Waals surface area contributed by atoms with Crippen molar-refractivity contribution in [2.75, 3.05) is 6.61 Å². The van der Waals surface area contributed by atoms with E-state index in [4.69, 9.17) is 10.5 Å². The number of aryl methyl sites for hydroxylation is 1. The minimum Gasteiger partial charge on any atom is -0.465 e. The van der Waals surface area contributed by atoms with Gasteiger partial charge in [0.2, 0.25) is 0 Å². The molecule has 3 nitrogen and oxygen atoms in total. The lowest BCUT2D eigenvalue weighted by Crippen LogP contribution is -2.47. The van der Waals surface area contributed by atoms with Gasteiger partial charge in [-0.25, -0.2) is 0 Å². The predicted octanol–water partition coefficient (Wildman–Crippen LogP) is 3.15. The van der Waals surface area contributed by atoms with Gasteiger partial charge in [-0.3, -0.25) is 4.79 Å². The quantitative estimate of drug-likeness (QED) is 0.643. The fourth-order valence-corrected chi connectivity index (χ4v) is 3.20. The molecule has 0 fully saturated rings. The first kappa shape index (κ1) is 16.1. The fourth-order valence-electron chi connectivity index (χ4n) is 1.92. The largest absolute Gasteiger partial charge is 0.465 e. The Morgan fingerprint density at radius 3 is 2.68 bits per heavy atom. The van der Waals surface area contributed by atoms with Crippen LogP contribution in [0.15, 0.2) is 29.2 Å². The molecule has 1 aromatic carbocycles. The number of nitrogens with two attached hydrogens (primary N) is 1. The highest BCUT2D eigenvalue weighted by Gasteiger charge is 2.32. The van der Waals surface area contributed by atoms with Crippen LogP contribution < -0.4 is 5.73 Å². The lowest BCUT2D eigenvalue weighted by atomic mass is 9.98. The monoisotopic (exact) mass is 281 g/mol. The van der Waals surface area contributed by atoms with Crippen LogP contribution in [0.1, 0.15) is 32.8 Å². The third-order valence-corrected chi connectivity index (χ3v) is 4.16. The van der Waals surface area contributed by atoms with Crippen LogP contribution in [0.4, 0.5) is 0 Å². The van der Waals surface area contributed by atoms with Crippen LogP contribution in [0.25, 0.3) is 0 Å². The Labute approximate surface area is 119 Å². The van der Waals surface area contributed by atoms with Gasteiger partial charge in [-0.2, -0.15) is 0 Å². The summed E-state index contributed by atoms with van der Waals surface area (Å²) in [5, 5.41) is 0.250. The van der Waals surface area contributed by atoms with E-state index in [0.29, 0.717) is 13.0 Å². The van der Waals surface area contributed by atoms with E-state index in [9.17, 15) is 4.79 Å². The Morgan fingerprint density at radius 1 is 1.47 bits per heavy atom. The molecule has 1 rings (SSSR count). The maximum absolute atomic E-state index is 11.8. The molecule has 0 aliphatic heterocycles. The lowest BCUT2D eigenvalue weighted by Gasteiger charge is -2.25. The Kier molecular flexibility index (Phi) is 5.88. The molecule has 0 aliphatic rings. The van der Waals surface area contributed by atoms with E-state index in [2.05, 4.69) is 26.0 Å². The van der Waals surface area contributed by atoms with Crippen molar-refractivity contribution in [1.29, 1.82) is 0 Å². The first-order valence-electron chi connectivity index (χ1n) is 6.55. The molecule has 4 heteroatoms. The minimum absolute atomic E-state index is 0.250. The molecule has 0 aromatic heterocycles. The van der Waals surface area contributed by atoms with Crippen molar-refractivity contribution in [3.63, 3.8) is 0 Å². The summed E-state index contributed by atoms with van der Waals surface area (Å²) >= 11 is 1.74. The van der Waals surface area contributed by atoms with Crippen molar-refractivity contribution in [2.24, 2.45) is 5.73 Å². The van der Waals surface area contributed by atoms with Crippen molar-refractivity contribution in [3.05, 3.63) is 29.8 Å². The molecule has 0 bridgehead atoms. The number of esters is 1. The summed E-state index contributed by atoms with van der Waals surface area (Å²) in [4.78, 5) is 13.0. The van der Waals surface area contributed by atoms with Crippen LogP contribution in [0, 0.1) is 6.92 Å².